The molecule has 0 radical (unpaired) electrons. The van der Waals surface area contributed by atoms with Crippen molar-refractivity contribution in [3.63, 3.8) is 0 Å². The molecular weight excluding hydrogens is 315 g/mol. The Labute approximate surface area is 131 Å². The van der Waals surface area contributed by atoms with Gasteiger partial charge in [-0.05, 0) is 25.7 Å². The highest BCUT2D eigenvalue weighted by molar-refractivity contribution is 5.79. The van der Waals surface area contributed by atoms with E-state index in [1.165, 1.54) is 6.39 Å². The minimum atomic E-state index is -4.16. The molecule has 1 aliphatic heterocycles. The Hall–Kier alpha value is -1.64. The van der Waals surface area contributed by atoms with Crippen LogP contribution >= 0.6 is 0 Å². The summed E-state index contributed by atoms with van der Waals surface area (Å²) in [6.07, 6.45) is -2.79. The van der Waals surface area contributed by atoms with Crippen molar-refractivity contribution in [2.24, 2.45) is 11.8 Å². The lowest BCUT2D eigenvalue weighted by Crippen LogP contribution is -2.46. The van der Waals surface area contributed by atoms with E-state index in [4.69, 9.17) is 4.74 Å². The topological polar surface area (TPSA) is 68.5 Å². The molecule has 9 heteroatoms. The number of carbonyl (C=O) groups excluding carboxylic acids is 1. The standard InChI is InChI=1S/C14H18F3N3O3/c15-14(16,17)10-3-1-9(2-4-10)13(21)20-5-6-22-11(7-20)12-18-8-23-19-12/h8-11H,1-7H2. The van der Waals surface area contributed by atoms with E-state index in [1.807, 2.05) is 0 Å². The van der Waals surface area contributed by atoms with Crippen molar-refractivity contribution in [2.45, 2.75) is 38.0 Å². The summed E-state index contributed by atoms with van der Waals surface area (Å²) in [7, 11) is 0. The molecule has 1 unspecified atom stereocenters. The van der Waals surface area contributed by atoms with E-state index < -0.39 is 18.2 Å². The van der Waals surface area contributed by atoms with Crippen LogP contribution in [-0.4, -0.2) is 46.8 Å². The molecule has 2 heterocycles. The van der Waals surface area contributed by atoms with Crippen LogP contribution in [0, 0.1) is 11.8 Å². The molecule has 6 nitrogen and oxygen atoms in total. The maximum absolute atomic E-state index is 12.7. The van der Waals surface area contributed by atoms with Gasteiger partial charge < -0.3 is 14.2 Å². The summed E-state index contributed by atoms with van der Waals surface area (Å²) in [6, 6.07) is 0. The van der Waals surface area contributed by atoms with Crippen molar-refractivity contribution in [2.75, 3.05) is 19.7 Å². The van der Waals surface area contributed by atoms with Gasteiger partial charge in [0.15, 0.2) is 0 Å². The Morgan fingerprint density at radius 2 is 2.00 bits per heavy atom. The van der Waals surface area contributed by atoms with Crippen LogP contribution in [0.4, 0.5) is 13.2 Å². The Morgan fingerprint density at radius 3 is 2.61 bits per heavy atom. The van der Waals surface area contributed by atoms with E-state index in [2.05, 4.69) is 14.7 Å². The predicted molar refractivity (Wildman–Crippen MR) is 71.1 cm³/mol. The zero-order valence-corrected chi connectivity index (χ0v) is 12.5. The minimum Gasteiger partial charge on any atom is -0.366 e. The summed E-state index contributed by atoms with van der Waals surface area (Å²) >= 11 is 0. The van der Waals surface area contributed by atoms with Gasteiger partial charge in [-0.1, -0.05) is 5.16 Å². The Kier molecular flexibility index (Phi) is 4.56. The van der Waals surface area contributed by atoms with Crippen molar-refractivity contribution in [1.82, 2.24) is 15.0 Å². The summed E-state index contributed by atoms with van der Waals surface area (Å²) in [6.45, 7) is 1.09. The number of carbonyl (C=O) groups is 1. The number of hydrogen-bond donors (Lipinski definition) is 0. The molecule has 3 rings (SSSR count). The lowest BCUT2D eigenvalue weighted by atomic mass is 9.81. The lowest BCUT2D eigenvalue weighted by molar-refractivity contribution is -0.185. The first-order chi connectivity index (χ1) is 10.9. The van der Waals surface area contributed by atoms with Crippen LogP contribution in [0.15, 0.2) is 10.9 Å². The first-order valence-electron chi connectivity index (χ1n) is 7.68. The van der Waals surface area contributed by atoms with Gasteiger partial charge in [-0.25, -0.2) is 0 Å². The fourth-order valence-electron chi connectivity index (χ4n) is 3.25. The third kappa shape index (κ3) is 3.65. The number of rotatable bonds is 2. The largest absolute Gasteiger partial charge is 0.391 e. The normalized spacial score (nSPS) is 29.5. The van der Waals surface area contributed by atoms with Gasteiger partial charge in [0.1, 0.15) is 6.10 Å². The fraction of sp³-hybridized carbons (Fsp3) is 0.786. The summed E-state index contributed by atoms with van der Waals surface area (Å²) in [5.41, 5.74) is 0. The monoisotopic (exact) mass is 333 g/mol. The molecule has 1 aromatic heterocycles. The number of aromatic nitrogens is 2. The van der Waals surface area contributed by atoms with Gasteiger partial charge >= 0.3 is 6.18 Å². The molecule has 0 spiro atoms. The summed E-state index contributed by atoms with van der Waals surface area (Å²) in [5.74, 6) is -1.33. The van der Waals surface area contributed by atoms with Gasteiger partial charge in [0.2, 0.25) is 18.1 Å². The molecule has 1 saturated carbocycles. The van der Waals surface area contributed by atoms with Crippen LogP contribution in [0.2, 0.25) is 0 Å². The van der Waals surface area contributed by atoms with Crippen molar-refractivity contribution >= 4 is 5.91 Å². The van der Waals surface area contributed by atoms with Crippen molar-refractivity contribution in [3.8, 4) is 0 Å². The van der Waals surface area contributed by atoms with E-state index in [9.17, 15) is 18.0 Å². The number of hydrogen-bond acceptors (Lipinski definition) is 5. The molecule has 1 amide bonds. The maximum Gasteiger partial charge on any atom is 0.391 e. The molecule has 128 valence electrons. The van der Waals surface area contributed by atoms with Gasteiger partial charge in [0, 0.05) is 12.5 Å². The van der Waals surface area contributed by atoms with Crippen LogP contribution < -0.4 is 0 Å². The second-order valence-corrected chi connectivity index (χ2v) is 6.02. The molecule has 23 heavy (non-hydrogen) atoms. The molecule has 1 aromatic rings. The van der Waals surface area contributed by atoms with Gasteiger partial charge in [-0.15, -0.1) is 0 Å². The van der Waals surface area contributed by atoms with E-state index >= 15 is 0 Å². The Bertz CT molecular complexity index is 527. The highest BCUT2D eigenvalue weighted by Gasteiger charge is 2.43. The van der Waals surface area contributed by atoms with E-state index in [-0.39, 0.29) is 37.5 Å². The number of morpholine rings is 1. The first-order valence-corrected chi connectivity index (χ1v) is 7.68. The molecule has 0 aromatic carbocycles. The zero-order valence-electron chi connectivity index (χ0n) is 12.5. The average Bonchev–Trinajstić information content (AvgIpc) is 3.08. The molecular formula is C14H18F3N3O3. The molecule has 2 fully saturated rings. The molecule has 0 N–H and O–H groups in total. The molecule has 1 aliphatic carbocycles. The quantitative estimate of drug-likeness (QED) is 0.831. The number of alkyl halides is 3. The number of amides is 1. The van der Waals surface area contributed by atoms with Crippen molar-refractivity contribution in [1.29, 1.82) is 0 Å². The predicted octanol–water partition coefficient (Wildman–Crippen LogP) is 2.34. The second-order valence-electron chi connectivity index (χ2n) is 6.02. The van der Waals surface area contributed by atoms with Gasteiger partial charge in [-0.2, -0.15) is 18.2 Å². The highest BCUT2D eigenvalue weighted by atomic mass is 19.4. The zero-order chi connectivity index (χ0) is 16.4. The van der Waals surface area contributed by atoms with Crippen molar-refractivity contribution in [3.05, 3.63) is 12.2 Å². The smallest absolute Gasteiger partial charge is 0.366 e. The second kappa shape index (κ2) is 6.46. The molecule has 2 aliphatic rings. The number of halogens is 3. The maximum atomic E-state index is 12.7. The number of nitrogens with zero attached hydrogens (tertiary/aromatic N) is 3. The van der Waals surface area contributed by atoms with E-state index in [0.717, 1.165) is 0 Å². The summed E-state index contributed by atoms with van der Waals surface area (Å²) in [5, 5.41) is 3.71. The van der Waals surface area contributed by atoms with E-state index in [0.29, 0.717) is 25.5 Å². The average molecular weight is 333 g/mol. The summed E-state index contributed by atoms with van der Waals surface area (Å²) in [4.78, 5) is 18.1. The summed E-state index contributed by atoms with van der Waals surface area (Å²) < 4.78 is 48.3. The molecule has 0 bridgehead atoms. The van der Waals surface area contributed by atoms with Crippen LogP contribution in [-0.2, 0) is 9.53 Å². The Balaban J connectivity index is 1.56. The highest BCUT2D eigenvalue weighted by Crippen LogP contribution is 2.40. The molecule has 1 saturated heterocycles. The SMILES string of the molecule is O=C(C1CCC(C(F)(F)F)CC1)N1CCOC(c2ncon2)C1. The van der Waals surface area contributed by atoms with Gasteiger partial charge in [0.05, 0.1) is 19.1 Å². The Morgan fingerprint density at radius 1 is 1.26 bits per heavy atom. The van der Waals surface area contributed by atoms with Crippen LogP contribution in [0.5, 0.6) is 0 Å². The number of ether oxygens (including phenoxy) is 1. The third-order valence-electron chi connectivity index (χ3n) is 4.58. The van der Waals surface area contributed by atoms with Crippen LogP contribution in [0.25, 0.3) is 0 Å². The third-order valence-corrected chi connectivity index (χ3v) is 4.58. The molecule has 1 atom stereocenters. The minimum absolute atomic E-state index is 0.0263. The fourth-order valence-corrected chi connectivity index (χ4v) is 3.25. The van der Waals surface area contributed by atoms with Gasteiger partial charge in [-0.3, -0.25) is 4.79 Å². The lowest BCUT2D eigenvalue weighted by Gasteiger charge is -2.36. The van der Waals surface area contributed by atoms with E-state index in [1.54, 1.807) is 4.90 Å². The first kappa shape index (κ1) is 16.2. The van der Waals surface area contributed by atoms with Gasteiger partial charge in [0.25, 0.3) is 0 Å². The van der Waals surface area contributed by atoms with Crippen molar-refractivity contribution < 1.29 is 27.2 Å². The van der Waals surface area contributed by atoms with Crippen LogP contribution in [0.1, 0.15) is 37.6 Å². The van der Waals surface area contributed by atoms with Crippen LogP contribution in [0.3, 0.4) is 0 Å².